The van der Waals surface area contributed by atoms with Gasteiger partial charge < -0.3 is 10.0 Å². The number of allylic oxidation sites excluding steroid dienone is 1. The molecule has 0 saturated carbocycles. The van der Waals surface area contributed by atoms with Gasteiger partial charge in [0.1, 0.15) is 4.88 Å². The minimum atomic E-state index is -0.984. The van der Waals surface area contributed by atoms with Gasteiger partial charge in [0.2, 0.25) is 0 Å². The van der Waals surface area contributed by atoms with Gasteiger partial charge in [-0.25, -0.2) is 4.79 Å². The van der Waals surface area contributed by atoms with E-state index in [9.17, 15) is 33.6 Å². The summed E-state index contributed by atoms with van der Waals surface area (Å²) in [6.07, 6.45) is 3.19. The Morgan fingerprint density at radius 3 is 1.10 bits per heavy atom. The smallest absolute Gasteiger partial charge is 0.345 e. The van der Waals surface area contributed by atoms with Crippen LogP contribution in [0.5, 0.6) is 0 Å². The first-order chi connectivity index (χ1) is 21.4. The Hall–Kier alpha value is -3.44. The van der Waals surface area contributed by atoms with Crippen LogP contribution in [0.25, 0.3) is 0 Å². The number of carbonyl (C=O) groups is 7. The fourth-order valence-corrected chi connectivity index (χ4v) is 6.06. The first-order valence-electron chi connectivity index (χ1n) is 13.5. The summed E-state index contributed by atoms with van der Waals surface area (Å²) in [5.74, 6) is -0.958. The molecule has 0 atom stereocenters. The Morgan fingerprint density at radius 2 is 0.854 bits per heavy atom. The highest BCUT2D eigenvalue weighted by molar-refractivity contribution is 14.0. The Bertz CT molecular complexity index is 1630. The van der Waals surface area contributed by atoms with E-state index in [0.717, 1.165) is 16.2 Å². The highest BCUT2D eigenvalue weighted by Gasteiger charge is 2.10. The van der Waals surface area contributed by atoms with Crippen LogP contribution in [-0.2, 0) is 0 Å². The molecule has 14 heteroatoms. The third-order valence-corrected chi connectivity index (χ3v) is 10.0. The van der Waals surface area contributed by atoms with Gasteiger partial charge in [-0.1, -0.05) is 7.43 Å². The van der Waals surface area contributed by atoms with E-state index in [1.165, 1.54) is 73.5 Å². The minimum absolute atomic E-state index is 0. The lowest BCUT2D eigenvalue weighted by Gasteiger charge is -2.01. The van der Waals surface area contributed by atoms with Crippen LogP contribution >= 0.6 is 69.3 Å². The lowest BCUT2D eigenvalue weighted by atomic mass is 10.3. The highest BCUT2D eigenvalue weighted by Crippen LogP contribution is 2.19. The maximum atomic E-state index is 11.6. The number of carbonyl (C=O) groups excluding carboxylic acids is 6. The molecule has 0 aliphatic heterocycles. The SMILES string of the molecule is C.CC(=O)c1ccc(C(=O)/C=C/N(C)C)s1.CC(=O)c1ccc(C(=O)O)s1.CC(=O)c1ccc(C(C)=O)s1.CC(=O)c1ccc(C)s1.I.[HH]. The van der Waals surface area contributed by atoms with E-state index in [0.29, 0.717) is 24.4 Å². The number of carboxylic acid groups (broad SMARTS) is 1. The molecule has 0 unspecified atom stereocenters. The molecule has 0 spiro atoms. The topological polar surface area (TPSA) is 143 Å². The number of thiophene rings is 4. The Balaban J connectivity index is -0.000000573. The lowest BCUT2D eigenvalue weighted by Crippen LogP contribution is -2.02. The van der Waals surface area contributed by atoms with Crippen LogP contribution in [0.1, 0.15) is 116 Å². The molecule has 9 nitrogen and oxygen atoms in total. The number of aryl methyl sites for hydroxylation is 1. The quantitative estimate of drug-likeness (QED) is 0.0990. The van der Waals surface area contributed by atoms with Crippen molar-refractivity contribution in [2.75, 3.05) is 14.1 Å². The van der Waals surface area contributed by atoms with E-state index in [4.69, 9.17) is 5.11 Å². The average Bonchev–Trinajstić information content (AvgIpc) is 3.79. The molecule has 0 radical (unpaired) electrons. The third kappa shape index (κ3) is 17.1. The molecular weight excluding hydrogens is 806 g/mol. The number of nitrogens with zero attached hydrogens (tertiary/aromatic N) is 1. The van der Waals surface area contributed by atoms with Gasteiger partial charge in [0.25, 0.3) is 0 Å². The second-order valence-corrected chi connectivity index (χ2v) is 14.2. The monoisotopic (exact) mass is 847 g/mol. The van der Waals surface area contributed by atoms with Crippen molar-refractivity contribution >= 4 is 110 Å². The zero-order valence-corrected chi connectivity index (χ0v) is 32.7. The summed E-state index contributed by atoms with van der Waals surface area (Å²) in [5, 5.41) is 8.48. The molecule has 1 N–H and O–H groups in total. The standard InChI is InChI=1S/C11H13NO2S.C8H8O2S.C7H6O3S.C7H8OS.CH4.HI.H2/c1-8(13)10-4-5-11(15-10)9(14)6-7-12(2)3;1-5(9)7-3-4-8(11-7)6(2)10;1-4(8)5-2-3-6(11-5)7(9)10;1-5-3-4-7(9-5)6(2)8;;;/h4-7H,1-3H3;3-4H,1-2H3;2-3H,1H3,(H,9,10);3-4H,1-2H3;1H4;2*1H/b7-6+;;;;;;. The Kier molecular flexibility index (Phi) is 22.4. The van der Waals surface area contributed by atoms with Gasteiger partial charge in [0.05, 0.1) is 29.3 Å². The van der Waals surface area contributed by atoms with Crippen molar-refractivity contribution in [3.63, 3.8) is 0 Å². The van der Waals surface area contributed by atoms with Gasteiger partial charge >= 0.3 is 5.97 Å². The number of rotatable bonds is 9. The van der Waals surface area contributed by atoms with Crippen molar-refractivity contribution in [3.8, 4) is 0 Å². The number of halogens is 1. The van der Waals surface area contributed by atoms with Crippen LogP contribution < -0.4 is 0 Å². The zero-order valence-electron chi connectivity index (χ0n) is 27.1. The van der Waals surface area contributed by atoms with Crippen molar-refractivity contribution in [1.82, 2.24) is 4.90 Å². The highest BCUT2D eigenvalue weighted by atomic mass is 127. The number of aromatic carboxylic acids is 1. The van der Waals surface area contributed by atoms with Gasteiger partial charge in [-0.05, 0) is 90.1 Å². The molecule has 48 heavy (non-hydrogen) atoms. The molecule has 4 rings (SSSR count). The molecule has 4 aromatic heterocycles. The van der Waals surface area contributed by atoms with Crippen molar-refractivity contribution in [1.29, 1.82) is 0 Å². The minimum Gasteiger partial charge on any atom is -0.477 e. The molecule has 0 aliphatic carbocycles. The first-order valence-corrected chi connectivity index (χ1v) is 16.7. The maximum absolute atomic E-state index is 11.6. The molecule has 0 fully saturated rings. The van der Waals surface area contributed by atoms with Crippen LogP contribution in [0.4, 0.5) is 0 Å². The van der Waals surface area contributed by atoms with Gasteiger partial charge in [0.15, 0.2) is 34.7 Å². The molecule has 0 bridgehead atoms. The summed E-state index contributed by atoms with van der Waals surface area (Å²) in [4.78, 5) is 82.9. The number of ketones is 6. The van der Waals surface area contributed by atoms with E-state index in [2.05, 4.69) is 0 Å². The third-order valence-electron chi connectivity index (χ3n) is 5.27. The summed E-state index contributed by atoms with van der Waals surface area (Å²) in [7, 11) is 3.69. The predicted molar refractivity (Wildman–Crippen MR) is 210 cm³/mol. The molecule has 0 amide bonds. The van der Waals surface area contributed by atoms with Crippen LogP contribution in [0.3, 0.4) is 0 Å². The lowest BCUT2D eigenvalue weighted by molar-refractivity contribution is 0.0700. The number of carboxylic acids is 1. The van der Waals surface area contributed by atoms with Crippen LogP contribution in [0.2, 0.25) is 0 Å². The normalized spacial score (nSPS) is 9.50. The fraction of sp³-hybridized carbons (Fsp3) is 0.265. The second kappa shape index (κ2) is 23.0. The summed E-state index contributed by atoms with van der Waals surface area (Å²) < 4.78 is 0. The summed E-state index contributed by atoms with van der Waals surface area (Å²) >= 11 is 5.03. The molecular formula is C34H42INO8S4. The van der Waals surface area contributed by atoms with Crippen molar-refractivity contribution < 1.29 is 40.1 Å². The number of Topliss-reactive ketones (excluding diaryl/α,β-unsaturated/α-hetero) is 5. The van der Waals surface area contributed by atoms with Crippen molar-refractivity contribution in [3.05, 3.63) is 99.8 Å². The van der Waals surface area contributed by atoms with Crippen molar-refractivity contribution in [2.24, 2.45) is 0 Å². The van der Waals surface area contributed by atoms with Crippen LogP contribution in [0.15, 0.2) is 60.8 Å². The van der Waals surface area contributed by atoms with Gasteiger partial charge in [-0.15, -0.1) is 69.3 Å². The molecule has 0 aliphatic rings. The second-order valence-electron chi connectivity index (χ2n) is 9.63. The maximum Gasteiger partial charge on any atom is 0.345 e. The molecule has 4 aromatic rings. The van der Waals surface area contributed by atoms with E-state index in [1.54, 1.807) is 53.6 Å². The Morgan fingerprint density at radius 1 is 0.562 bits per heavy atom. The van der Waals surface area contributed by atoms with Gasteiger partial charge in [-0.2, -0.15) is 0 Å². The average molecular weight is 848 g/mol. The summed E-state index contributed by atoms with van der Waals surface area (Å²) in [5.41, 5.74) is 0. The molecule has 262 valence electrons. The van der Waals surface area contributed by atoms with Crippen molar-refractivity contribution in [2.45, 2.75) is 49.0 Å². The number of hydrogen-bond acceptors (Lipinski definition) is 12. The van der Waals surface area contributed by atoms with Crippen LogP contribution in [-0.4, -0.2) is 64.8 Å². The Labute approximate surface area is 315 Å². The predicted octanol–water partition coefficient (Wildman–Crippen LogP) is 9.77. The van der Waals surface area contributed by atoms with E-state index >= 15 is 0 Å². The molecule has 0 aromatic carbocycles. The van der Waals surface area contributed by atoms with Gasteiger partial charge in [0, 0.05) is 32.7 Å². The van der Waals surface area contributed by atoms with Gasteiger partial charge in [-0.3, -0.25) is 28.8 Å². The largest absolute Gasteiger partial charge is 0.477 e. The fourth-order valence-electron chi connectivity index (χ4n) is 2.94. The first kappa shape index (κ1) is 46.7. The summed E-state index contributed by atoms with van der Waals surface area (Å²) in [6, 6.07) is 13.5. The zero-order chi connectivity index (χ0) is 35.1. The van der Waals surface area contributed by atoms with E-state index in [-0.39, 0.29) is 72.4 Å². The molecule has 0 saturated heterocycles. The van der Waals surface area contributed by atoms with E-state index < -0.39 is 5.97 Å². The number of hydrogen-bond donors (Lipinski definition) is 1. The van der Waals surface area contributed by atoms with E-state index in [1.807, 2.05) is 33.2 Å². The summed E-state index contributed by atoms with van der Waals surface area (Å²) in [6.45, 7) is 9.49. The van der Waals surface area contributed by atoms with Crippen LogP contribution in [0, 0.1) is 6.92 Å². The molecule has 4 heterocycles.